The van der Waals surface area contributed by atoms with Gasteiger partial charge in [0.25, 0.3) is 0 Å². The monoisotopic (exact) mass is 139 g/mol. The van der Waals surface area contributed by atoms with Gasteiger partial charge in [0.05, 0.1) is 12.5 Å². The SMILES string of the molecule is COCC(C)C([O])(F)F. The first-order valence-corrected chi connectivity index (χ1v) is 2.55. The van der Waals surface area contributed by atoms with E-state index in [2.05, 4.69) is 4.74 Å². The highest BCUT2D eigenvalue weighted by Crippen LogP contribution is 2.20. The van der Waals surface area contributed by atoms with Crippen LogP contribution in [-0.4, -0.2) is 19.8 Å². The van der Waals surface area contributed by atoms with Crippen LogP contribution in [0.5, 0.6) is 0 Å². The van der Waals surface area contributed by atoms with Gasteiger partial charge in [0.2, 0.25) is 0 Å². The van der Waals surface area contributed by atoms with Crippen molar-refractivity contribution < 1.29 is 18.6 Å². The molecule has 0 saturated carbocycles. The Hall–Kier alpha value is -0.220. The molecule has 1 atom stereocenters. The van der Waals surface area contributed by atoms with Crippen LogP contribution in [0.4, 0.5) is 8.78 Å². The molecule has 0 aliphatic rings. The summed E-state index contributed by atoms with van der Waals surface area (Å²) >= 11 is 0. The average molecular weight is 139 g/mol. The maximum absolute atomic E-state index is 11.7. The Labute approximate surface area is 52.4 Å². The summed E-state index contributed by atoms with van der Waals surface area (Å²) in [6, 6.07) is 0. The van der Waals surface area contributed by atoms with Gasteiger partial charge in [0, 0.05) is 7.11 Å². The molecule has 0 fully saturated rings. The third-order valence-electron chi connectivity index (χ3n) is 0.990. The second kappa shape index (κ2) is 3.08. The Balaban J connectivity index is 3.59. The topological polar surface area (TPSA) is 29.1 Å². The summed E-state index contributed by atoms with van der Waals surface area (Å²) in [5.41, 5.74) is 0. The second-order valence-corrected chi connectivity index (χ2v) is 1.92. The average Bonchev–Trinajstić information content (AvgIpc) is 1.64. The smallest absolute Gasteiger partial charge is 0.384 e. The van der Waals surface area contributed by atoms with E-state index in [0.717, 1.165) is 6.92 Å². The van der Waals surface area contributed by atoms with E-state index in [1.165, 1.54) is 7.11 Å². The third-order valence-corrected chi connectivity index (χ3v) is 0.990. The number of hydrogen-bond acceptors (Lipinski definition) is 1. The summed E-state index contributed by atoms with van der Waals surface area (Å²) in [6.45, 7) is 0.951. The number of rotatable bonds is 3. The van der Waals surface area contributed by atoms with Gasteiger partial charge in [-0.25, -0.2) is 0 Å². The molecule has 55 valence electrons. The molecule has 0 rings (SSSR count). The molecular weight excluding hydrogens is 130 g/mol. The summed E-state index contributed by atoms with van der Waals surface area (Å²) < 4.78 is 27.7. The van der Waals surface area contributed by atoms with Crippen LogP contribution >= 0.6 is 0 Å². The van der Waals surface area contributed by atoms with E-state index in [4.69, 9.17) is 0 Å². The van der Waals surface area contributed by atoms with Gasteiger partial charge in [-0.15, -0.1) is 0 Å². The molecule has 0 aromatic heterocycles. The van der Waals surface area contributed by atoms with Crippen molar-refractivity contribution in [3.63, 3.8) is 0 Å². The summed E-state index contributed by atoms with van der Waals surface area (Å²) in [7, 11) is 1.28. The molecule has 0 aliphatic carbocycles. The standard InChI is InChI=1S/C5H9F2O2/c1-4(3-9-2)5(6,7)8/h4H,3H2,1-2H3. The van der Waals surface area contributed by atoms with Crippen LogP contribution in [0.1, 0.15) is 6.92 Å². The fraction of sp³-hybridized carbons (Fsp3) is 1.00. The maximum atomic E-state index is 11.7. The molecule has 0 saturated heterocycles. The van der Waals surface area contributed by atoms with E-state index >= 15 is 0 Å². The van der Waals surface area contributed by atoms with Gasteiger partial charge in [-0.3, -0.25) is 0 Å². The molecule has 4 heteroatoms. The lowest BCUT2D eigenvalue weighted by Crippen LogP contribution is -2.26. The molecule has 0 bridgehead atoms. The lowest BCUT2D eigenvalue weighted by atomic mass is 10.2. The minimum absolute atomic E-state index is 0.198. The van der Waals surface area contributed by atoms with Crippen molar-refractivity contribution >= 4 is 0 Å². The van der Waals surface area contributed by atoms with Crippen molar-refractivity contribution in [2.75, 3.05) is 13.7 Å². The van der Waals surface area contributed by atoms with Crippen LogP contribution in [0, 0.1) is 5.92 Å². The van der Waals surface area contributed by atoms with E-state index in [0.29, 0.717) is 0 Å². The predicted octanol–water partition coefficient (Wildman–Crippen LogP) is 1.29. The van der Waals surface area contributed by atoms with E-state index in [1.54, 1.807) is 0 Å². The molecule has 0 spiro atoms. The minimum Gasteiger partial charge on any atom is -0.384 e. The van der Waals surface area contributed by atoms with Crippen LogP contribution in [-0.2, 0) is 9.84 Å². The number of halogens is 2. The van der Waals surface area contributed by atoms with Crippen LogP contribution in [0.3, 0.4) is 0 Å². The number of hydrogen-bond donors (Lipinski definition) is 0. The summed E-state index contributed by atoms with van der Waals surface area (Å²) in [6.07, 6.45) is -3.87. The van der Waals surface area contributed by atoms with Gasteiger partial charge in [0.15, 0.2) is 0 Å². The number of alkyl halides is 2. The molecule has 1 radical (unpaired) electrons. The van der Waals surface area contributed by atoms with Crippen molar-refractivity contribution in [3.05, 3.63) is 0 Å². The highest BCUT2D eigenvalue weighted by Gasteiger charge is 2.35. The lowest BCUT2D eigenvalue weighted by Gasteiger charge is -2.13. The highest BCUT2D eigenvalue weighted by molar-refractivity contribution is 4.58. The van der Waals surface area contributed by atoms with Crippen LogP contribution in [0.2, 0.25) is 0 Å². The highest BCUT2D eigenvalue weighted by atomic mass is 19.3. The molecule has 0 amide bonds. The molecule has 0 heterocycles. The first-order chi connectivity index (χ1) is 3.98. The minimum atomic E-state index is -3.87. The molecular formula is C5H9F2O2. The lowest BCUT2D eigenvalue weighted by molar-refractivity contribution is -0.278. The quantitative estimate of drug-likeness (QED) is 0.579. The van der Waals surface area contributed by atoms with Crippen molar-refractivity contribution in [2.45, 2.75) is 13.0 Å². The number of ether oxygens (including phenoxy) is 1. The van der Waals surface area contributed by atoms with E-state index < -0.39 is 12.0 Å². The summed E-state index contributed by atoms with van der Waals surface area (Å²) in [5.74, 6) is -1.25. The zero-order valence-corrected chi connectivity index (χ0v) is 5.36. The largest absolute Gasteiger partial charge is 0.386 e. The van der Waals surface area contributed by atoms with E-state index in [9.17, 15) is 13.9 Å². The zero-order valence-electron chi connectivity index (χ0n) is 5.36. The van der Waals surface area contributed by atoms with Gasteiger partial charge in [0.1, 0.15) is 0 Å². The first-order valence-electron chi connectivity index (χ1n) is 2.55. The Morgan fingerprint density at radius 3 is 2.22 bits per heavy atom. The van der Waals surface area contributed by atoms with E-state index in [-0.39, 0.29) is 6.61 Å². The molecule has 0 N–H and O–H groups in total. The molecule has 9 heavy (non-hydrogen) atoms. The number of methoxy groups -OCH3 is 1. The Kier molecular flexibility index (Phi) is 3.00. The fourth-order valence-electron chi connectivity index (χ4n) is 0.347. The van der Waals surface area contributed by atoms with Crippen LogP contribution in [0.25, 0.3) is 0 Å². The Morgan fingerprint density at radius 2 is 2.11 bits per heavy atom. The Bertz CT molecular complexity index is 79.5. The van der Waals surface area contributed by atoms with Crippen molar-refractivity contribution in [2.24, 2.45) is 5.92 Å². The fourth-order valence-corrected chi connectivity index (χ4v) is 0.347. The molecule has 0 aromatic carbocycles. The van der Waals surface area contributed by atoms with Crippen LogP contribution in [0.15, 0.2) is 0 Å². The maximum Gasteiger partial charge on any atom is 0.386 e. The molecule has 0 aromatic rings. The first kappa shape index (κ1) is 8.78. The van der Waals surface area contributed by atoms with Crippen molar-refractivity contribution in [3.8, 4) is 0 Å². The summed E-state index contributed by atoms with van der Waals surface area (Å²) in [4.78, 5) is 0. The Morgan fingerprint density at radius 1 is 1.67 bits per heavy atom. The van der Waals surface area contributed by atoms with Crippen molar-refractivity contribution in [1.29, 1.82) is 0 Å². The van der Waals surface area contributed by atoms with Gasteiger partial charge in [-0.2, -0.15) is 13.9 Å². The molecule has 1 unspecified atom stereocenters. The zero-order chi connectivity index (χ0) is 7.49. The van der Waals surface area contributed by atoms with Crippen LogP contribution < -0.4 is 0 Å². The van der Waals surface area contributed by atoms with Gasteiger partial charge < -0.3 is 4.74 Å². The molecule has 2 nitrogen and oxygen atoms in total. The van der Waals surface area contributed by atoms with Crippen molar-refractivity contribution in [1.82, 2.24) is 0 Å². The third kappa shape index (κ3) is 3.37. The van der Waals surface area contributed by atoms with Gasteiger partial charge in [-0.05, 0) is 0 Å². The van der Waals surface area contributed by atoms with Gasteiger partial charge >= 0.3 is 6.11 Å². The second-order valence-electron chi connectivity index (χ2n) is 1.92. The predicted molar refractivity (Wildman–Crippen MR) is 26.7 cm³/mol. The molecule has 0 aliphatic heterocycles. The summed E-state index contributed by atoms with van der Waals surface area (Å²) in [5, 5.41) is 9.78. The van der Waals surface area contributed by atoms with Gasteiger partial charge in [-0.1, -0.05) is 6.92 Å². The normalized spacial score (nSPS) is 15.7. The van der Waals surface area contributed by atoms with E-state index in [1.807, 2.05) is 0 Å².